The van der Waals surface area contributed by atoms with Crippen molar-refractivity contribution in [3.8, 4) is 0 Å². The van der Waals surface area contributed by atoms with Crippen LogP contribution in [-0.4, -0.2) is 27.0 Å². The summed E-state index contributed by atoms with van der Waals surface area (Å²) in [4.78, 5) is 28.6. The molecule has 0 aliphatic rings. The van der Waals surface area contributed by atoms with E-state index in [0.717, 1.165) is 12.4 Å². The van der Waals surface area contributed by atoms with Crippen LogP contribution in [0.4, 0.5) is 10.1 Å². The predicted molar refractivity (Wildman–Crippen MR) is 64.9 cm³/mol. The molecule has 8 heteroatoms. The molecule has 0 aliphatic heterocycles. The Kier molecular flexibility index (Phi) is 3.48. The molecular formula is C11H7ClFN3O3. The van der Waals surface area contributed by atoms with Crippen LogP contribution in [0.2, 0.25) is 5.02 Å². The van der Waals surface area contributed by atoms with Crippen molar-refractivity contribution in [3.05, 3.63) is 46.8 Å². The highest BCUT2D eigenvalue weighted by molar-refractivity contribution is 6.31. The van der Waals surface area contributed by atoms with Gasteiger partial charge in [0.15, 0.2) is 11.4 Å². The summed E-state index contributed by atoms with van der Waals surface area (Å²) >= 11 is 5.56. The summed E-state index contributed by atoms with van der Waals surface area (Å²) in [5.74, 6) is -2.66. The highest BCUT2D eigenvalue weighted by Gasteiger charge is 2.19. The maximum atomic E-state index is 12.9. The zero-order valence-corrected chi connectivity index (χ0v) is 10.0. The molecule has 1 aromatic carbocycles. The van der Waals surface area contributed by atoms with E-state index in [1.807, 2.05) is 0 Å². The number of aromatic nitrogens is 2. The van der Waals surface area contributed by atoms with E-state index in [4.69, 9.17) is 16.7 Å². The van der Waals surface area contributed by atoms with Crippen LogP contribution in [0.25, 0.3) is 0 Å². The molecule has 98 valence electrons. The lowest BCUT2D eigenvalue weighted by Gasteiger charge is -2.04. The molecule has 0 saturated carbocycles. The van der Waals surface area contributed by atoms with Gasteiger partial charge in [0.25, 0.3) is 5.91 Å². The summed E-state index contributed by atoms with van der Waals surface area (Å²) in [6.07, 6.45) is 1.09. The van der Waals surface area contributed by atoms with E-state index in [0.29, 0.717) is 0 Å². The van der Waals surface area contributed by atoms with Gasteiger partial charge in [0.1, 0.15) is 5.82 Å². The Balaban J connectivity index is 2.23. The van der Waals surface area contributed by atoms with Crippen LogP contribution >= 0.6 is 11.6 Å². The van der Waals surface area contributed by atoms with Crippen LogP contribution in [0.15, 0.2) is 24.5 Å². The number of H-pyrrole nitrogens is 1. The minimum absolute atomic E-state index is 0.154. The molecule has 0 spiro atoms. The number of aromatic amines is 1. The number of carboxylic acid groups (broad SMARTS) is 1. The highest BCUT2D eigenvalue weighted by atomic mass is 35.5. The Hall–Kier alpha value is -2.41. The number of halogens is 2. The van der Waals surface area contributed by atoms with Gasteiger partial charge in [-0.1, -0.05) is 11.6 Å². The number of anilines is 1. The fraction of sp³-hybridized carbons (Fsp3) is 0. The molecule has 0 atom stereocenters. The molecule has 2 rings (SSSR count). The van der Waals surface area contributed by atoms with E-state index in [1.165, 1.54) is 12.1 Å². The van der Waals surface area contributed by atoms with Crippen molar-refractivity contribution in [2.75, 3.05) is 5.32 Å². The van der Waals surface area contributed by atoms with Gasteiger partial charge in [-0.2, -0.15) is 0 Å². The molecule has 6 nitrogen and oxygen atoms in total. The van der Waals surface area contributed by atoms with Crippen molar-refractivity contribution in [1.82, 2.24) is 9.97 Å². The first-order valence-electron chi connectivity index (χ1n) is 5.02. The van der Waals surface area contributed by atoms with Crippen molar-refractivity contribution in [2.24, 2.45) is 0 Å². The normalized spacial score (nSPS) is 10.2. The van der Waals surface area contributed by atoms with E-state index >= 15 is 0 Å². The molecule has 3 N–H and O–H groups in total. The number of imidazole rings is 1. The zero-order chi connectivity index (χ0) is 14.0. The summed E-state index contributed by atoms with van der Waals surface area (Å²) in [5.41, 5.74) is -0.366. The first-order valence-corrected chi connectivity index (χ1v) is 5.40. The summed E-state index contributed by atoms with van der Waals surface area (Å²) in [7, 11) is 0. The molecule has 0 radical (unpaired) electrons. The average Bonchev–Trinajstić information content (AvgIpc) is 2.83. The van der Waals surface area contributed by atoms with Gasteiger partial charge in [-0.05, 0) is 18.2 Å². The van der Waals surface area contributed by atoms with E-state index in [1.54, 1.807) is 0 Å². The van der Waals surface area contributed by atoms with Crippen LogP contribution < -0.4 is 5.32 Å². The Morgan fingerprint density at radius 1 is 1.42 bits per heavy atom. The maximum Gasteiger partial charge on any atom is 0.354 e. The average molecular weight is 284 g/mol. The second kappa shape index (κ2) is 5.07. The van der Waals surface area contributed by atoms with Gasteiger partial charge in [-0.25, -0.2) is 14.2 Å². The van der Waals surface area contributed by atoms with Gasteiger partial charge in [0.2, 0.25) is 0 Å². The Labute approximate surface area is 111 Å². The van der Waals surface area contributed by atoms with Gasteiger partial charge >= 0.3 is 5.97 Å². The molecule has 2 aromatic rings. The van der Waals surface area contributed by atoms with Gasteiger partial charge in [0, 0.05) is 5.69 Å². The molecule has 0 fully saturated rings. The Morgan fingerprint density at radius 3 is 2.79 bits per heavy atom. The first kappa shape index (κ1) is 13.0. The Morgan fingerprint density at radius 2 is 2.16 bits per heavy atom. The molecule has 0 bridgehead atoms. The monoisotopic (exact) mass is 283 g/mol. The second-order valence-electron chi connectivity index (χ2n) is 3.51. The van der Waals surface area contributed by atoms with Crippen molar-refractivity contribution in [2.45, 2.75) is 0 Å². The van der Waals surface area contributed by atoms with Crippen LogP contribution in [-0.2, 0) is 0 Å². The third-order valence-corrected chi connectivity index (χ3v) is 2.54. The number of amides is 1. The largest absolute Gasteiger partial charge is 0.477 e. The van der Waals surface area contributed by atoms with Gasteiger partial charge in [-0.15, -0.1) is 0 Å². The van der Waals surface area contributed by atoms with Gasteiger partial charge < -0.3 is 15.4 Å². The maximum absolute atomic E-state index is 12.9. The number of carbonyl (C=O) groups is 2. The van der Waals surface area contributed by atoms with Crippen LogP contribution in [0.1, 0.15) is 21.0 Å². The number of rotatable bonds is 3. The topological polar surface area (TPSA) is 95.1 Å². The number of carboxylic acids is 1. The summed E-state index contributed by atoms with van der Waals surface area (Å²) < 4.78 is 12.9. The minimum Gasteiger partial charge on any atom is -0.477 e. The van der Waals surface area contributed by atoms with Crippen molar-refractivity contribution >= 4 is 29.2 Å². The minimum atomic E-state index is -1.31. The van der Waals surface area contributed by atoms with E-state index in [-0.39, 0.29) is 22.1 Å². The highest BCUT2D eigenvalue weighted by Crippen LogP contribution is 2.20. The number of nitrogens with zero attached hydrogens (tertiary/aromatic N) is 1. The standard InChI is InChI=1S/C11H7ClFN3O3/c12-6-3-5(1-2-7(6)13)16-10(17)8-9(11(18)19)15-4-14-8/h1-4H,(H,14,15)(H,16,17)(H,18,19). The van der Waals surface area contributed by atoms with Crippen LogP contribution in [0.5, 0.6) is 0 Å². The molecule has 0 unspecified atom stereocenters. The summed E-state index contributed by atoms with van der Waals surface area (Å²) in [5, 5.41) is 11.0. The van der Waals surface area contributed by atoms with Crippen LogP contribution in [0.3, 0.4) is 0 Å². The number of hydrogen-bond acceptors (Lipinski definition) is 3. The lowest BCUT2D eigenvalue weighted by atomic mass is 10.2. The fourth-order valence-electron chi connectivity index (χ4n) is 1.39. The molecule has 1 aromatic heterocycles. The SMILES string of the molecule is O=C(Nc1ccc(F)c(Cl)c1)c1nc[nH]c1C(=O)O. The quantitative estimate of drug-likeness (QED) is 0.804. The van der Waals surface area contributed by atoms with Crippen molar-refractivity contribution in [1.29, 1.82) is 0 Å². The van der Waals surface area contributed by atoms with Gasteiger partial charge in [-0.3, -0.25) is 4.79 Å². The Bertz CT molecular complexity index is 656. The van der Waals surface area contributed by atoms with Crippen LogP contribution in [0, 0.1) is 5.82 Å². The number of aromatic carboxylic acids is 1. The van der Waals surface area contributed by atoms with E-state index < -0.39 is 17.7 Å². The molecule has 19 heavy (non-hydrogen) atoms. The fourth-order valence-corrected chi connectivity index (χ4v) is 1.57. The third-order valence-electron chi connectivity index (χ3n) is 2.25. The smallest absolute Gasteiger partial charge is 0.354 e. The predicted octanol–water partition coefficient (Wildman–Crippen LogP) is 2.15. The number of hydrogen-bond donors (Lipinski definition) is 3. The zero-order valence-electron chi connectivity index (χ0n) is 9.28. The number of nitrogens with one attached hydrogen (secondary N) is 2. The first-order chi connectivity index (χ1) is 8.99. The van der Waals surface area contributed by atoms with Crippen molar-refractivity contribution < 1.29 is 19.1 Å². The van der Waals surface area contributed by atoms with E-state index in [9.17, 15) is 14.0 Å². The molecule has 1 amide bonds. The lowest BCUT2D eigenvalue weighted by Crippen LogP contribution is -2.16. The third kappa shape index (κ3) is 2.71. The molecule has 1 heterocycles. The summed E-state index contributed by atoms with van der Waals surface area (Å²) in [6, 6.07) is 3.59. The second-order valence-corrected chi connectivity index (χ2v) is 3.92. The molecule has 0 aliphatic carbocycles. The summed E-state index contributed by atoms with van der Waals surface area (Å²) in [6.45, 7) is 0. The van der Waals surface area contributed by atoms with E-state index in [2.05, 4.69) is 15.3 Å². The van der Waals surface area contributed by atoms with Crippen molar-refractivity contribution in [3.63, 3.8) is 0 Å². The molecular weight excluding hydrogens is 277 g/mol. The lowest BCUT2D eigenvalue weighted by molar-refractivity contribution is 0.0686. The van der Waals surface area contributed by atoms with Gasteiger partial charge in [0.05, 0.1) is 11.3 Å². The number of carbonyl (C=O) groups excluding carboxylic acids is 1. The molecule has 0 saturated heterocycles. The number of benzene rings is 1.